The summed E-state index contributed by atoms with van der Waals surface area (Å²) >= 11 is 2.22. The van der Waals surface area contributed by atoms with E-state index in [0.29, 0.717) is 6.61 Å². The van der Waals surface area contributed by atoms with E-state index in [-0.39, 0.29) is 11.4 Å². The first-order chi connectivity index (χ1) is 8.02. The molecule has 1 saturated heterocycles. The van der Waals surface area contributed by atoms with Gasteiger partial charge in [0.2, 0.25) is 0 Å². The molecule has 4 heteroatoms. The zero-order chi connectivity index (χ0) is 12.5. The first-order valence-electron chi connectivity index (χ1n) is 5.67. The average Bonchev–Trinajstić information content (AvgIpc) is 2.68. The van der Waals surface area contributed by atoms with Crippen molar-refractivity contribution in [3.05, 3.63) is 32.9 Å². The van der Waals surface area contributed by atoms with Crippen LogP contribution in [0.3, 0.4) is 0 Å². The van der Waals surface area contributed by atoms with Gasteiger partial charge in [0.05, 0.1) is 17.7 Å². The zero-order valence-electron chi connectivity index (χ0n) is 10.0. The number of hydrogen-bond acceptors (Lipinski definition) is 2. The number of rotatable bonds is 2. The van der Waals surface area contributed by atoms with Crippen molar-refractivity contribution in [2.75, 3.05) is 13.2 Å². The van der Waals surface area contributed by atoms with Crippen LogP contribution in [0.15, 0.2) is 18.2 Å². The van der Waals surface area contributed by atoms with Crippen LogP contribution >= 0.6 is 22.6 Å². The van der Waals surface area contributed by atoms with E-state index in [2.05, 4.69) is 27.9 Å². The van der Waals surface area contributed by atoms with Crippen LogP contribution in [0.25, 0.3) is 0 Å². The molecule has 1 aromatic rings. The van der Waals surface area contributed by atoms with Crippen molar-refractivity contribution in [2.24, 2.45) is 0 Å². The van der Waals surface area contributed by atoms with E-state index in [4.69, 9.17) is 4.74 Å². The average molecular weight is 345 g/mol. The summed E-state index contributed by atoms with van der Waals surface area (Å²) in [5, 5.41) is 3.07. The van der Waals surface area contributed by atoms with Crippen molar-refractivity contribution in [2.45, 2.75) is 25.8 Å². The van der Waals surface area contributed by atoms with Gasteiger partial charge in [0.15, 0.2) is 0 Å². The van der Waals surface area contributed by atoms with Gasteiger partial charge in [-0.1, -0.05) is 12.1 Å². The summed E-state index contributed by atoms with van der Waals surface area (Å²) in [6.45, 7) is 5.36. The van der Waals surface area contributed by atoms with Gasteiger partial charge >= 0.3 is 0 Å². The van der Waals surface area contributed by atoms with Crippen LogP contribution in [0.1, 0.15) is 29.3 Å². The molecule has 0 radical (unpaired) electrons. The summed E-state index contributed by atoms with van der Waals surface area (Å²) in [5.74, 6) is -0.00824. The Bertz CT molecular complexity index is 439. The van der Waals surface area contributed by atoms with Crippen molar-refractivity contribution in [1.82, 2.24) is 5.32 Å². The molecular formula is C13H16INO2. The molecule has 0 spiro atoms. The normalized spacial score (nSPS) is 23.7. The quantitative estimate of drug-likeness (QED) is 0.837. The Labute approximate surface area is 115 Å². The van der Waals surface area contributed by atoms with Crippen molar-refractivity contribution in [3.63, 3.8) is 0 Å². The van der Waals surface area contributed by atoms with Crippen LogP contribution in [-0.2, 0) is 4.74 Å². The van der Waals surface area contributed by atoms with Crippen molar-refractivity contribution < 1.29 is 9.53 Å². The van der Waals surface area contributed by atoms with E-state index < -0.39 is 0 Å². The molecule has 1 aromatic carbocycles. The molecule has 1 N–H and O–H groups in total. The van der Waals surface area contributed by atoms with Gasteiger partial charge < -0.3 is 10.1 Å². The number of benzene rings is 1. The van der Waals surface area contributed by atoms with Gasteiger partial charge in [-0.2, -0.15) is 0 Å². The summed E-state index contributed by atoms with van der Waals surface area (Å²) in [6.07, 6.45) is 0.876. The maximum atomic E-state index is 12.2. The van der Waals surface area contributed by atoms with Crippen LogP contribution < -0.4 is 5.32 Å². The molecule has 1 amide bonds. The predicted molar refractivity (Wildman–Crippen MR) is 75.2 cm³/mol. The fourth-order valence-electron chi connectivity index (χ4n) is 1.93. The van der Waals surface area contributed by atoms with Gasteiger partial charge in [0.25, 0.3) is 5.91 Å². The summed E-state index contributed by atoms with van der Waals surface area (Å²) in [6, 6.07) is 5.79. The van der Waals surface area contributed by atoms with E-state index in [1.165, 1.54) is 0 Å². The van der Waals surface area contributed by atoms with Gasteiger partial charge in [-0.15, -0.1) is 0 Å². The number of amides is 1. The minimum atomic E-state index is -0.218. The molecule has 3 nitrogen and oxygen atoms in total. The summed E-state index contributed by atoms with van der Waals surface area (Å²) in [5.41, 5.74) is 1.66. The van der Waals surface area contributed by atoms with Crippen LogP contribution in [0.2, 0.25) is 0 Å². The van der Waals surface area contributed by atoms with Crippen LogP contribution in [-0.4, -0.2) is 24.7 Å². The maximum absolute atomic E-state index is 12.2. The minimum Gasteiger partial charge on any atom is -0.379 e. The van der Waals surface area contributed by atoms with Crippen LogP contribution in [0.4, 0.5) is 0 Å². The standard InChI is InChI=1S/C13H16INO2/c1-9-4-3-5-10(11(9)14)12(16)15-13(2)6-7-17-8-13/h3-5H,6-8H2,1-2H3,(H,15,16). The van der Waals surface area contributed by atoms with Gasteiger partial charge in [-0.25, -0.2) is 0 Å². The Kier molecular flexibility index (Phi) is 3.73. The van der Waals surface area contributed by atoms with Crippen LogP contribution in [0.5, 0.6) is 0 Å². The highest BCUT2D eigenvalue weighted by Crippen LogP contribution is 2.21. The fourth-order valence-corrected chi connectivity index (χ4v) is 2.53. The Morgan fingerprint density at radius 1 is 1.53 bits per heavy atom. The molecule has 17 heavy (non-hydrogen) atoms. The van der Waals surface area contributed by atoms with Gasteiger partial charge in [-0.05, 0) is 54.5 Å². The number of halogens is 1. The molecule has 1 aliphatic heterocycles. The monoisotopic (exact) mass is 345 g/mol. The summed E-state index contributed by atoms with van der Waals surface area (Å²) in [7, 11) is 0. The highest BCUT2D eigenvalue weighted by Gasteiger charge is 2.31. The number of ether oxygens (including phenoxy) is 1. The molecule has 1 unspecified atom stereocenters. The highest BCUT2D eigenvalue weighted by molar-refractivity contribution is 14.1. The second-order valence-electron chi connectivity index (χ2n) is 4.75. The van der Waals surface area contributed by atoms with Gasteiger partial charge in [0, 0.05) is 10.2 Å². The second kappa shape index (κ2) is 4.94. The third kappa shape index (κ3) is 2.80. The number of hydrogen-bond donors (Lipinski definition) is 1. The van der Waals surface area contributed by atoms with E-state index >= 15 is 0 Å². The van der Waals surface area contributed by atoms with Crippen LogP contribution in [0, 0.1) is 10.5 Å². The SMILES string of the molecule is Cc1cccc(C(=O)NC2(C)CCOC2)c1I. The summed E-state index contributed by atoms with van der Waals surface area (Å²) < 4.78 is 6.35. The number of nitrogens with one attached hydrogen (secondary N) is 1. The third-order valence-electron chi connectivity index (χ3n) is 3.07. The smallest absolute Gasteiger partial charge is 0.252 e. The van der Waals surface area contributed by atoms with E-state index in [9.17, 15) is 4.79 Å². The number of carbonyl (C=O) groups is 1. The Morgan fingerprint density at radius 3 is 2.94 bits per heavy atom. The first-order valence-corrected chi connectivity index (χ1v) is 6.75. The molecule has 1 atom stereocenters. The lowest BCUT2D eigenvalue weighted by Gasteiger charge is -2.24. The molecule has 0 bridgehead atoms. The highest BCUT2D eigenvalue weighted by atomic mass is 127. The lowest BCUT2D eigenvalue weighted by Crippen LogP contribution is -2.46. The summed E-state index contributed by atoms with van der Waals surface area (Å²) in [4.78, 5) is 12.2. The molecule has 0 aromatic heterocycles. The van der Waals surface area contributed by atoms with Gasteiger partial charge in [-0.3, -0.25) is 4.79 Å². The molecule has 92 valence electrons. The topological polar surface area (TPSA) is 38.3 Å². The molecule has 1 heterocycles. The minimum absolute atomic E-state index is 0.00824. The molecule has 0 saturated carbocycles. The van der Waals surface area contributed by atoms with Gasteiger partial charge in [0.1, 0.15) is 0 Å². The zero-order valence-corrected chi connectivity index (χ0v) is 12.2. The number of aryl methyl sites for hydroxylation is 1. The second-order valence-corrected chi connectivity index (χ2v) is 5.83. The van der Waals surface area contributed by atoms with Crippen molar-refractivity contribution in [1.29, 1.82) is 0 Å². The number of carbonyl (C=O) groups excluding carboxylic acids is 1. The molecule has 1 fully saturated rings. The van der Waals surface area contributed by atoms with E-state index in [1.54, 1.807) is 0 Å². The van der Waals surface area contributed by atoms with E-state index in [1.807, 2.05) is 32.0 Å². The molecular weight excluding hydrogens is 329 g/mol. The van der Waals surface area contributed by atoms with Crippen molar-refractivity contribution >= 4 is 28.5 Å². The predicted octanol–water partition coefficient (Wildman–Crippen LogP) is 2.51. The Morgan fingerprint density at radius 2 is 2.29 bits per heavy atom. The largest absolute Gasteiger partial charge is 0.379 e. The van der Waals surface area contributed by atoms with E-state index in [0.717, 1.165) is 27.7 Å². The molecule has 0 aliphatic carbocycles. The Hall–Kier alpha value is -0.620. The lowest BCUT2D eigenvalue weighted by atomic mass is 10.0. The third-order valence-corrected chi connectivity index (χ3v) is 4.50. The molecule has 2 rings (SSSR count). The fraction of sp³-hybridized carbons (Fsp3) is 0.462. The van der Waals surface area contributed by atoms with Crippen molar-refractivity contribution in [3.8, 4) is 0 Å². The Balaban J connectivity index is 2.17. The molecule has 1 aliphatic rings. The first kappa shape index (κ1) is 12.8. The maximum Gasteiger partial charge on any atom is 0.252 e. The lowest BCUT2D eigenvalue weighted by molar-refractivity contribution is 0.0889.